The van der Waals surface area contributed by atoms with Crippen molar-refractivity contribution in [2.24, 2.45) is 11.3 Å². The summed E-state index contributed by atoms with van der Waals surface area (Å²) in [6.07, 6.45) is 2.52. The van der Waals surface area contributed by atoms with E-state index in [2.05, 4.69) is 51.8 Å². The zero-order chi connectivity index (χ0) is 15.6. The summed E-state index contributed by atoms with van der Waals surface area (Å²) in [6, 6.07) is 0.575. The molecule has 0 aromatic rings. The van der Waals surface area contributed by atoms with Crippen LogP contribution in [0.15, 0.2) is 0 Å². The van der Waals surface area contributed by atoms with E-state index in [-0.39, 0.29) is 0 Å². The van der Waals surface area contributed by atoms with Crippen molar-refractivity contribution < 1.29 is 4.74 Å². The fourth-order valence-corrected chi connectivity index (χ4v) is 2.71. The Labute approximate surface area is 127 Å². The van der Waals surface area contributed by atoms with E-state index in [1.165, 1.54) is 12.8 Å². The molecule has 20 heavy (non-hydrogen) atoms. The Morgan fingerprint density at radius 2 is 1.85 bits per heavy atom. The fourth-order valence-electron chi connectivity index (χ4n) is 2.71. The minimum absolute atomic E-state index is 0.349. The van der Waals surface area contributed by atoms with Gasteiger partial charge in [-0.05, 0) is 38.1 Å². The number of rotatable bonds is 12. The lowest BCUT2D eigenvalue weighted by molar-refractivity contribution is 0.0851. The molecule has 0 spiro atoms. The van der Waals surface area contributed by atoms with E-state index >= 15 is 0 Å². The van der Waals surface area contributed by atoms with Gasteiger partial charge in [-0.15, -0.1) is 0 Å². The number of methoxy groups -OCH3 is 1. The molecule has 0 aromatic heterocycles. The van der Waals surface area contributed by atoms with Gasteiger partial charge >= 0.3 is 0 Å². The predicted molar refractivity (Wildman–Crippen MR) is 89.3 cm³/mol. The molecule has 0 saturated heterocycles. The summed E-state index contributed by atoms with van der Waals surface area (Å²) in [4.78, 5) is 2.55. The van der Waals surface area contributed by atoms with E-state index in [1.807, 2.05) is 0 Å². The van der Waals surface area contributed by atoms with Gasteiger partial charge in [0.05, 0.1) is 6.61 Å². The molecule has 0 aliphatic carbocycles. The van der Waals surface area contributed by atoms with Gasteiger partial charge in [0.25, 0.3) is 0 Å². The van der Waals surface area contributed by atoms with E-state index in [4.69, 9.17) is 4.74 Å². The van der Waals surface area contributed by atoms with Crippen LogP contribution in [0.1, 0.15) is 54.4 Å². The standard InChI is InChI=1S/C17H38N2O/c1-8-9-17(6,13-18-12-15(2)3)14-19(16(4)5)10-11-20-7/h15-16,18H,8-14H2,1-7H3. The molecule has 0 amide bonds. The van der Waals surface area contributed by atoms with Gasteiger partial charge in [-0.2, -0.15) is 0 Å². The van der Waals surface area contributed by atoms with Crippen LogP contribution in [0.3, 0.4) is 0 Å². The number of ether oxygens (including phenoxy) is 1. The summed E-state index contributed by atoms with van der Waals surface area (Å²) in [5, 5.41) is 3.65. The molecule has 0 heterocycles. The molecule has 0 saturated carbocycles. The number of hydrogen-bond acceptors (Lipinski definition) is 3. The van der Waals surface area contributed by atoms with Crippen LogP contribution in [0.2, 0.25) is 0 Å². The highest BCUT2D eigenvalue weighted by Gasteiger charge is 2.27. The third kappa shape index (κ3) is 8.93. The number of nitrogens with one attached hydrogen (secondary N) is 1. The van der Waals surface area contributed by atoms with Crippen LogP contribution in [-0.2, 0) is 4.74 Å². The molecule has 0 fully saturated rings. The molecule has 0 bridgehead atoms. The normalized spacial score (nSPS) is 15.3. The zero-order valence-electron chi connectivity index (χ0n) is 15.0. The van der Waals surface area contributed by atoms with E-state index in [9.17, 15) is 0 Å². The maximum Gasteiger partial charge on any atom is 0.0589 e. The summed E-state index contributed by atoms with van der Waals surface area (Å²) in [5.74, 6) is 0.718. The van der Waals surface area contributed by atoms with Crippen molar-refractivity contribution in [1.82, 2.24) is 10.2 Å². The molecule has 122 valence electrons. The first-order valence-electron chi connectivity index (χ1n) is 8.28. The van der Waals surface area contributed by atoms with Crippen molar-refractivity contribution in [3.8, 4) is 0 Å². The van der Waals surface area contributed by atoms with Crippen LogP contribution in [0.4, 0.5) is 0 Å². The average molecular weight is 287 g/mol. The van der Waals surface area contributed by atoms with Crippen molar-refractivity contribution in [3.05, 3.63) is 0 Å². The summed E-state index contributed by atoms with van der Waals surface area (Å²) in [6.45, 7) is 19.0. The highest BCUT2D eigenvalue weighted by atomic mass is 16.5. The first-order valence-corrected chi connectivity index (χ1v) is 8.28. The Kier molecular flexibility index (Phi) is 10.5. The third-order valence-electron chi connectivity index (χ3n) is 3.86. The average Bonchev–Trinajstić information content (AvgIpc) is 2.34. The molecule has 0 aromatic carbocycles. The fraction of sp³-hybridized carbons (Fsp3) is 1.00. The van der Waals surface area contributed by atoms with Gasteiger partial charge in [-0.3, -0.25) is 4.90 Å². The monoisotopic (exact) mass is 286 g/mol. The number of nitrogens with zero attached hydrogens (tertiary/aromatic N) is 1. The Morgan fingerprint density at radius 1 is 1.20 bits per heavy atom. The minimum Gasteiger partial charge on any atom is -0.383 e. The second-order valence-corrected chi connectivity index (χ2v) is 7.14. The molecule has 0 radical (unpaired) electrons. The van der Waals surface area contributed by atoms with Gasteiger partial charge in [-0.1, -0.05) is 34.1 Å². The number of hydrogen-bond donors (Lipinski definition) is 1. The van der Waals surface area contributed by atoms with Crippen molar-refractivity contribution in [2.75, 3.05) is 39.9 Å². The van der Waals surface area contributed by atoms with Crippen molar-refractivity contribution >= 4 is 0 Å². The van der Waals surface area contributed by atoms with Crippen LogP contribution in [0, 0.1) is 11.3 Å². The van der Waals surface area contributed by atoms with Gasteiger partial charge in [0.2, 0.25) is 0 Å². The van der Waals surface area contributed by atoms with Gasteiger partial charge in [0.15, 0.2) is 0 Å². The summed E-state index contributed by atoms with van der Waals surface area (Å²) in [5.41, 5.74) is 0.349. The topological polar surface area (TPSA) is 24.5 Å². The molecule has 1 N–H and O–H groups in total. The van der Waals surface area contributed by atoms with E-state index in [0.717, 1.165) is 38.7 Å². The molecule has 3 nitrogen and oxygen atoms in total. The van der Waals surface area contributed by atoms with E-state index in [0.29, 0.717) is 11.5 Å². The van der Waals surface area contributed by atoms with Crippen molar-refractivity contribution in [3.63, 3.8) is 0 Å². The molecule has 1 atom stereocenters. The third-order valence-corrected chi connectivity index (χ3v) is 3.86. The second-order valence-electron chi connectivity index (χ2n) is 7.14. The quantitative estimate of drug-likeness (QED) is 0.595. The van der Waals surface area contributed by atoms with Crippen LogP contribution in [-0.4, -0.2) is 50.8 Å². The molecule has 0 aliphatic rings. The van der Waals surface area contributed by atoms with Gasteiger partial charge in [-0.25, -0.2) is 0 Å². The molecule has 3 heteroatoms. The van der Waals surface area contributed by atoms with Crippen LogP contribution < -0.4 is 5.32 Å². The predicted octanol–water partition coefficient (Wildman–Crippen LogP) is 3.40. The van der Waals surface area contributed by atoms with E-state index in [1.54, 1.807) is 7.11 Å². The molecular weight excluding hydrogens is 248 g/mol. The lowest BCUT2D eigenvalue weighted by Crippen LogP contribution is -2.46. The smallest absolute Gasteiger partial charge is 0.0589 e. The maximum absolute atomic E-state index is 5.25. The van der Waals surface area contributed by atoms with Crippen molar-refractivity contribution in [1.29, 1.82) is 0 Å². The summed E-state index contributed by atoms with van der Waals surface area (Å²) < 4.78 is 5.25. The van der Waals surface area contributed by atoms with Crippen LogP contribution in [0.5, 0.6) is 0 Å². The zero-order valence-corrected chi connectivity index (χ0v) is 15.0. The van der Waals surface area contributed by atoms with E-state index < -0.39 is 0 Å². The van der Waals surface area contributed by atoms with Crippen LogP contribution >= 0.6 is 0 Å². The lowest BCUT2D eigenvalue weighted by atomic mass is 9.84. The Morgan fingerprint density at radius 3 is 2.30 bits per heavy atom. The molecule has 0 aliphatic heterocycles. The van der Waals surface area contributed by atoms with Gasteiger partial charge in [0, 0.05) is 32.8 Å². The highest BCUT2D eigenvalue weighted by molar-refractivity contribution is 4.82. The molecular formula is C17H38N2O. The summed E-state index contributed by atoms with van der Waals surface area (Å²) in [7, 11) is 1.79. The molecule has 0 rings (SSSR count). The Hall–Kier alpha value is -0.120. The Balaban J connectivity index is 4.51. The van der Waals surface area contributed by atoms with Crippen molar-refractivity contribution in [2.45, 2.75) is 60.4 Å². The van der Waals surface area contributed by atoms with Gasteiger partial charge < -0.3 is 10.1 Å². The largest absolute Gasteiger partial charge is 0.383 e. The molecule has 1 unspecified atom stereocenters. The lowest BCUT2D eigenvalue weighted by Gasteiger charge is -2.38. The second kappa shape index (κ2) is 10.6. The Bertz CT molecular complexity index is 231. The summed E-state index contributed by atoms with van der Waals surface area (Å²) >= 11 is 0. The maximum atomic E-state index is 5.25. The highest BCUT2D eigenvalue weighted by Crippen LogP contribution is 2.25. The van der Waals surface area contributed by atoms with Gasteiger partial charge in [0.1, 0.15) is 0 Å². The first-order chi connectivity index (χ1) is 9.34. The SMILES string of the molecule is CCCC(C)(CNCC(C)C)CN(CCOC)C(C)C. The minimum atomic E-state index is 0.349. The van der Waals surface area contributed by atoms with Crippen LogP contribution in [0.25, 0.3) is 0 Å². The first kappa shape index (κ1) is 19.9.